The molecule has 4 heteroatoms. The van der Waals surface area contributed by atoms with Crippen LogP contribution in [0.15, 0.2) is 36.4 Å². The van der Waals surface area contributed by atoms with Gasteiger partial charge in [0.05, 0.1) is 0 Å². The number of rotatable bonds is 3. The summed E-state index contributed by atoms with van der Waals surface area (Å²) in [7, 11) is 0. The zero-order valence-electron chi connectivity index (χ0n) is 9.91. The molecule has 2 aromatic rings. The lowest BCUT2D eigenvalue weighted by atomic mass is 10.2. The van der Waals surface area contributed by atoms with E-state index in [1.54, 1.807) is 31.2 Å². The molecule has 0 amide bonds. The summed E-state index contributed by atoms with van der Waals surface area (Å²) < 4.78 is 18.7. The van der Waals surface area contributed by atoms with E-state index in [0.717, 1.165) is 11.1 Å². The van der Waals surface area contributed by atoms with Crippen LogP contribution in [0.25, 0.3) is 0 Å². The molecule has 0 saturated carbocycles. The van der Waals surface area contributed by atoms with Gasteiger partial charge in [-0.05, 0) is 48.9 Å². The minimum atomic E-state index is -0.282. The Morgan fingerprint density at radius 3 is 2.56 bits per heavy atom. The maximum absolute atomic E-state index is 13.0. The van der Waals surface area contributed by atoms with Crippen LogP contribution in [0.1, 0.15) is 11.1 Å². The number of ether oxygens (including phenoxy) is 1. The fourth-order valence-electron chi connectivity index (χ4n) is 1.65. The summed E-state index contributed by atoms with van der Waals surface area (Å²) in [5.74, 6) is 0.958. The molecule has 0 atom stereocenters. The third-order valence-electron chi connectivity index (χ3n) is 2.60. The summed E-state index contributed by atoms with van der Waals surface area (Å²) in [6.07, 6.45) is 0. The van der Waals surface area contributed by atoms with Crippen LogP contribution in [0.5, 0.6) is 11.5 Å². The lowest BCUT2D eigenvalue weighted by Crippen LogP contribution is -2.00. The van der Waals surface area contributed by atoms with Gasteiger partial charge >= 0.3 is 0 Å². The SMILES string of the molecule is Cc1cc(F)ccc1Oc1ccc(Cl)cc1CN. The quantitative estimate of drug-likeness (QED) is 0.909. The van der Waals surface area contributed by atoms with Crippen molar-refractivity contribution in [3.05, 3.63) is 58.4 Å². The molecule has 0 aliphatic carbocycles. The molecule has 2 aromatic carbocycles. The summed E-state index contributed by atoms with van der Waals surface area (Å²) in [4.78, 5) is 0. The Balaban J connectivity index is 2.33. The molecular formula is C14H13ClFNO. The first kappa shape index (κ1) is 12.9. The molecule has 0 fully saturated rings. The van der Waals surface area contributed by atoms with Gasteiger partial charge in [-0.25, -0.2) is 4.39 Å². The first-order valence-corrected chi connectivity index (χ1v) is 5.90. The Bertz CT molecular complexity index is 572. The first-order chi connectivity index (χ1) is 8.60. The van der Waals surface area contributed by atoms with Crippen molar-refractivity contribution in [3.8, 4) is 11.5 Å². The minimum absolute atomic E-state index is 0.282. The zero-order valence-corrected chi connectivity index (χ0v) is 10.7. The van der Waals surface area contributed by atoms with Crippen molar-refractivity contribution in [2.45, 2.75) is 13.5 Å². The van der Waals surface area contributed by atoms with E-state index in [9.17, 15) is 4.39 Å². The molecule has 0 spiro atoms. The number of nitrogens with two attached hydrogens (primary N) is 1. The highest BCUT2D eigenvalue weighted by molar-refractivity contribution is 6.30. The number of halogens is 2. The summed E-state index contributed by atoms with van der Waals surface area (Å²) >= 11 is 5.89. The normalized spacial score (nSPS) is 10.4. The van der Waals surface area contributed by atoms with Crippen LogP contribution < -0.4 is 10.5 Å². The second-order valence-electron chi connectivity index (χ2n) is 3.97. The van der Waals surface area contributed by atoms with Crippen molar-refractivity contribution < 1.29 is 9.13 Å². The van der Waals surface area contributed by atoms with E-state index in [1.807, 2.05) is 0 Å². The van der Waals surface area contributed by atoms with Crippen LogP contribution in [-0.2, 0) is 6.54 Å². The predicted octanol–water partition coefficient (Wildman–Crippen LogP) is 4.04. The fraction of sp³-hybridized carbons (Fsp3) is 0.143. The van der Waals surface area contributed by atoms with Crippen LogP contribution in [0.3, 0.4) is 0 Å². The molecule has 0 aliphatic rings. The van der Waals surface area contributed by atoms with Crippen molar-refractivity contribution >= 4 is 11.6 Å². The highest BCUT2D eigenvalue weighted by atomic mass is 35.5. The van der Waals surface area contributed by atoms with Gasteiger partial charge in [0.1, 0.15) is 17.3 Å². The number of hydrogen-bond donors (Lipinski definition) is 1. The van der Waals surface area contributed by atoms with Gasteiger partial charge in [0.25, 0.3) is 0 Å². The van der Waals surface area contributed by atoms with E-state index in [1.165, 1.54) is 12.1 Å². The van der Waals surface area contributed by atoms with E-state index in [4.69, 9.17) is 22.1 Å². The number of hydrogen-bond acceptors (Lipinski definition) is 2. The molecule has 18 heavy (non-hydrogen) atoms. The van der Waals surface area contributed by atoms with Crippen LogP contribution >= 0.6 is 11.6 Å². The van der Waals surface area contributed by atoms with Gasteiger partial charge in [0.2, 0.25) is 0 Å². The molecule has 0 aliphatic heterocycles. The Kier molecular flexibility index (Phi) is 3.84. The molecule has 0 radical (unpaired) electrons. The second-order valence-corrected chi connectivity index (χ2v) is 4.40. The number of benzene rings is 2. The monoisotopic (exact) mass is 265 g/mol. The smallest absolute Gasteiger partial charge is 0.132 e. The minimum Gasteiger partial charge on any atom is -0.457 e. The topological polar surface area (TPSA) is 35.2 Å². The van der Waals surface area contributed by atoms with Gasteiger partial charge in [0.15, 0.2) is 0 Å². The lowest BCUT2D eigenvalue weighted by molar-refractivity contribution is 0.470. The van der Waals surface area contributed by atoms with Gasteiger partial charge in [-0.3, -0.25) is 0 Å². The van der Waals surface area contributed by atoms with Crippen molar-refractivity contribution in [2.24, 2.45) is 5.73 Å². The average molecular weight is 266 g/mol. The first-order valence-electron chi connectivity index (χ1n) is 5.52. The average Bonchev–Trinajstić information content (AvgIpc) is 2.34. The standard InChI is InChI=1S/C14H13ClFNO/c1-9-6-12(16)3-5-13(9)18-14-4-2-11(15)7-10(14)8-17/h2-7H,8,17H2,1H3. The maximum atomic E-state index is 13.0. The van der Waals surface area contributed by atoms with E-state index in [-0.39, 0.29) is 5.82 Å². The lowest BCUT2D eigenvalue weighted by Gasteiger charge is -2.12. The van der Waals surface area contributed by atoms with Gasteiger partial charge in [0, 0.05) is 17.1 Å². The third kappa shape index (κ3) is 2.81. The summed E-state index contributed by atoms with van der Waals surface area (Å²) in [6, 6.07) is 9.63. The predicted molar refractivity (Wildman–Crippen MR) is 70.6 cm³/mol. The van der Waals surface area contributed by atoms with E-state index < -0.39 is 0 Å². The molecule has 94 valence electrons. The fourth-order valence-corrected chi connectivity index (χ4v) is 1.85. The summed E-state index contributed by atoms with van der Waals surface area (Å²) in [6.45, 7) is 2.12. The van der Waals surface area contributed by atoms with Crippen LogP contribution in [0, 0.1) is 12.7 Å². The Morgan fingerprint density at radius 2 is 1.89 bits per heavy atom. The van der Waals surface area contributed by atoms with Crippen molar-refractivity contribution in [1.29, 1.82) is 0 Å². The highest BCUT2D eigenvalue weighted by Gasteiger charge is 2.07. The molecule has 2 nitrogen and oxygen atoms in total. The van der Waals surface area contributed by atoms with Crippen molar-refractivity contribution in [3.63, 3.8) is 0 Å². The Morgan fingerprint density at radius 1 is 1.17 bits per heavy atom. The molecule has 0 heterocycles. The molecule has 2 N–H and O–H groups in total. The zero-order chi connectivity index (χ0) is 13.1. The third-order valence-corrected chi connectivity index (χ3v) is 2.83. The molecule has 0 unspecified atom stereocenters. The Labute approximate surface area is 110 Å². The van der Waals surface area contributed by atoms with Gasteiger partial charge in [-0.2, -0.15) is 0 Å². The molecule has 0 bridgehead atoms. The molecule has 2 rings (SSSR count). The van der Waals surface area contributed by atoms with Crippen LogP contribution in [0.4, 0.5) is 4.39 Å². The highest BCUT2D eigenvalue weighted by Crippen LogP contribution is 2.29. The molecular weight excluding hydrogens is 253 g/mol. The van der Waals surface area contributed by atoms with E-state index in [2.05, 4.69) is 0 Å². The maximum Gasteiger partial charge on any atom is 0.132 e. The molecule has 0 aromatic heterocycles. The summed E-state index contributed by atoms with van der Waals surface area (Å²) in [5.41, 5.74) is 7.18. The van der Waals surface area contributed by atoms with E-state index >= 15 is 0 Å². The summed E-state index contributed by atoms with van der Waals surface area (Å²) in [5, 5.41) is 0.610. The van der Waals surface area contributed by atoms with E-state index in [0.29, 0.717) is 23.1 Å². The van der Waals surface area contributed by atoms with Crippen LogP contribution in [0.2, 0.25) is 5.02 Å². The van der Waals surface area contributed by atoms with Gasteiger partial charge < -0.3 is 10.5 Å². The Hall–Kier alpha value is -1.58. The largest absolute Gasteiger partial charge is 0.457 e. The second kappa shape index (κ2) is 5.38. The molecule has 0 saturated heterocycles. The van der Waals surface area contributed by atoms with Gasteiger partial charge in [-0.15, -0.1) is 0 Å². The number of aryl methyl sites for hydroxylation is 1. The van der Waals surface area contributed by atoms with Crippen LogP contribution in [-0.4, -0.2) is 0 Å². The van der Waals surface area contributed by atoms with Crippen molar-refractivity contribution in [1.82, 2.24) is 0 Å². The van der Waals surface area contributed by atoms with Crippen molar-refractivity contribution in [2.75, 3.05) is 0 Å². The van der Waals surface area contributed by atoms with Gasteiger partial charge in [-0.1, -0.05) is 11.6 Å².